The Hall–Kier alpha value is -3.05. The first-order valence-corrected chi connectivity index (χ1v) is 11.4. The Labute approximate surface area is 191 Å². The van der Waals surface area contributed by atoms with Crippen molar-refractivity contribution in [1.29, 1.82) is 5.26 Å². The summed E-state index contributed by atoms with van der Waals surface area (Å²) in [5.41, 5.74) is 1.10. The molecule has 2 aliphatic heterocycles. The molecule has 0 radical (unpaired) electrons. The molecule has 172 valence electrons. The highest BCUT2D eigenvalue weighted by atomic mass is 19.2. The van der Waals surface area contributed by atoms with Gasteiger partial charge in [0.1, 0.15) is 18.5 Å². The predicted molar refractivity (Wildman–Crippen MR) is 117 cm³/mol. The number of anilines is 1. The van der Waals surface area contributed by atoms with Crippen LogP contribution in [0.3, 0.4) is 0 Å². The van der Waals surface area contributed by atoms with Gasteiger partial charge in [-0.25, -0.2) is 13.8 Å². The third kappa shape index (κ3) is 4.30. The van der Waals surface area contributed by atoms with Crippen LogP contribution in [0.4, 0.5) is 14.6 Å². The molecule has 0 N–H and O–H groups in total. The van der Waals surface area contributed by atoms with Crippen LogP contribution in [0.25, 0.3) is 0 Å². The number of carbonyl (C=O) groups is 1. The largest absolute Gasteiger partial charge is 0.363 e. The molecule has 3 aliphatic rings. The van der Waals surface area contributed by atoms with Gasteiger partial charge in [0.2, 0.25) is 5.91 Å². The molecule has 8 heteroatoms. The van der Waals surface area contributed by atoms with Crippen molar-refractivity contribution in [3.8, 4) is 6.07 Å². The van der Waals surface area contributed by atoms with E-state index in [1.54, 1.807) is 12.3 Å². The summed E-state index contributed by atoms with van der Waals surface area (Å²) in [6.45, 7) is 3.28. The number of halogens is 2. The van der Waals surface area contributed by atoms with Crippen LogP contribution in [0.1, 0.15) is 43.4 Å². The maximum atomic E-state index is 13.7. The second-order valence-corrected chi connectivity index (χ2v) is 9.40. The number of nitrogens with zero attached hydrogens (tertiary/aromatic N) is 4. The molecule has 2 saturated heterocycles. The summed E-state index contributed by atoms with van der Waals surface area (Å²) in [7, 11) is 0. The van der Waals surface area contributed by atoms with Crippen LogP contribution in [0.15, 0.2) is 36.5 Å². The van der Waals surface area contributed by atoms with Gasteiger partial charge in [0.05, 0.1) is 17.7 Å². The van der Waals surface area contributed by atoms with Crippen molar-refractivity contribution < 1.29 is 18.3 Å². The van der Waals surface area contributed by atoms with Gasteiger partial charge in [-0.3, -0.25) is 4.79 Å². The van der Waals surface area contributed by atoms with E-state index in [9.17, 15) is 13.6 Å². The highest BCUT2D eigenvalue weighted by molar-refractivity contribution is 5.78. The summed E-state index contributed by atoms with van der Waals surface area (Å²) in [5, 5.41) is 9.02. The van der Waals surface area contributed by atoms with Crippen molar-refractivity contribution in [2.75, 3.05) is 24.6 Å². The van der Waals surface area contributed by atoms with E-state index < -0.39 is 17.7 Å². The summed E-state index contributed by atoms with van der Waals surface area (Å²) in [6.07, 6.45) is 4.06. The molecular formula is C25H26F2N4O2. The predicted octanol–water partition coefficient (Wildman–Crippen LogP) is 3.82. The minimum absolute atomic E-state index is 0.0803. The van der Waals surface area contributed by atoms with Crippen molar-refractivity contribution in [2.45, 2.75) is 44.4 Å². The fourth-order valence-corrected chi connectivity index (χ4v) is 5.24. The molecule has 1 aliphatic carbocycles. The monoisotopic (exact) mass is 452 g/mol. The number of amides is 1. The molecule has 33 heavy (non-hydrogen) atoms. The number of hydrogen-bond acceptors (Lipinski definition) is 5. The second kappa shape index (κ2) is 8.71. The molecule has 1 saturated carbocycles. The van der Waals surface area contributed by atoms with Crippen molar-refractivity contribution in [3.05, 3.63) is 59.3 Å². The van der Waals surface area contributed by atoms with Gasteiger partial charge in [-0.15, -0.1) is 0 Å². The Bertz CT molecular complexity index is 1080. The Kier molecular flexibility index (Phi) is 5.75. The van der Waals surface area contributed by atoms with Crippen LogP contribution in [-0.2, 0) is 9.53 Å². The summed E-state index contributed by atoms with van der Waals surface area (Å²) in [5.74, 6) is -0.385. The Morgan fingerprint density at radius 2 is 2.06 bits per heavy atom. The van der Waals surface area contributed by atoms with Crippen LogP contribution in [0.5, 0.6) is 0 Å². The van der Waals surface area contributed by atoms with Gasteiger partial charge < -0.3 is 14.5 Å². The van der Waals surface area contributed by atoms with Crippen molar-refractivity contribution >= 4 is 11.7 Å². The average molecular weight is 453 g/mol. The second-order valence-electron chi connectivity index (χ2n) is 9.40. The number of nitriles is 1. The Balaban J connectivity index is 1.24. The smallest absolute Gasteiger partial charge is 0.248 e. The van der Waals surface area contributed by atoms with E-state index in [1.807, 2.05) is 11.0 Å². The van der Waals surface area contributed by atoms with Gasteiger partial charge >= 0.3 is 0 Å². The molecule has 4 atom stereocenters. The first kappa shape index (κ1) is 21.8. The zero-order valence-electron chi connectivity index (χ0n) is 18.5. The average Bonchev–Trinajstić information content (AvgIpc) is 3.63. The number of piperazine rings is 1. The quantitative estimate of drug-likeness (QED) is 0.667. The van der Waals surface area contributed by atoms with E-state index in [0.29, 0.717) is 30.1 Å². The van der Waals surface area contributed by atoms with Gasteiger partial charge in [-0.2, -0.15) is 5.26 Å². The summed E-state index contributed by atoms with van der Waals surface area (Å²) >= 11 is 0. The lowest BCUT2D eigenvalue weighted by Crippen LogP contribution is -2.57. The number of pyridine rings is 1. The lowest BCUT2D eigenvalue weighted by Gasteiger charge is -2.42. The van der Waals surface area contributed by atoms with Crippen LogP contribution < -0.4 is 4.90 Å². The van der Waals surface area contributed by atoms with Crippen LogP contribution in [0, 0.1) is 34.8 Å². The van der Waals surface area contributed by atoms with E-state index >= 15 is 0 Å². The molecule has 0 spiro atoms. The van der Waals surface area contributed by atoms with E-state index in [4.69, 9.17) is 10.00 Å². The molecule has 3 heterocycles. The van der Waals surface area contributed by atoms with E-state index in [0.717, 1.165) is 31.1 Å². The number of likely N-dealkylation sites (tertiary alicyclic amines) is 1. The third-order valence-electron chi connectivity index (χ3n) is 7.09. The zero-order chi connectivity index (χ0) is 23.1. The molecule has 1 aromatic heterocycles. The molecule has 2 bridgehead atoms. The number of ether oxygens (including phenoxy) is 1. The summed E-state index contributed by atoms with van der Waals surface area (Å²) < 4.78 is 33.0. The van der Waals surface area contributed by atoms with Crippen LogP contribution >= 0.6 is 0 Å². The maximum Gasteiger partial charge on any atom is 0.248 e. The molecule has 3 fully saturated rings. The SMILES string of the molecule is C[C@H]1CC2CN(C(=O)COC(c3ccc(F)c(F)c3)C3CC3)CC1N2c1ccc(C#N)cn1. The number of fused-ring (bicyclic) bond motifs is 2. The van der Waals surface area contributed by atoms with E-state index in [2.05, 4.69) is 22.9 Å². The minimum atomic E-state index is -0.897. The molecule has 3 unspecified atom stereocenters. The van der Waals surface area contributed by atoms with E-state index in [1.165, 1.54) is 12.1 Å². The normalized spacial score (nSPS) is 25.1. The first-order chi connectivity index (χ1) is 15.9. The first-order valence-electron chi connectivity index (χ1n) is 11.4. The fourth-order valence-electron chi connectivity index (χ4n) is 5.24. The lowest BCUT2D eigenvalue weighted by molar-refractivity contribution is -0.139. The van der Waals surface area contributed by atoms with Crippen molar-refractivity contribution in [2.24, 2.45) is 11.8 Å². The van der Waals surface area contributed by atoms with Gasteiger partial charge in [0, 0.05) is 25.3 Å². The number of benzene rings is 1. The maximum absolute atomic E-state index is 13.7. The topological polar surface area (TPSA) is 69.5 Å². The standard InChI is InChI=1S/C25H26F2N4O2/c1-15-8-19-12-30(13-22(15)31(19)23-7-2-16(10-28)11-29-23)24(32)14-33-25(17-3-4-17)18-5-6-20(26)21(27)9-18/h2,5-7,9,11,15,17,19,22,25H,3-4,8,12-14H2,1H3/t15-,19?,22?,25?/m0/s1. The van der Waals surface area contributed by atoms with Gasteiger partial charge in [0.15, 0.2) is 11.6 Å². The fraction of sp³-hybridized carbons (Fsp3) is 0.480. The zero-order valence-corrected chi connectivity index (χ0v) is 18.5. The van der Waals surface area contributed by atoms with Gasteiger partial charge in [-0.1, -0.05) is 13.0 Å². The number of carbonyl (C=O) groups excluding carboxylic acids is 1. The number of aromatic nitrogens is 1. The molecular weight excluding hydrogens is 426 g/mol. The van der Waals surface area contributed by atoms with Crippen molar-refractivity contribution in [1.82, 2.24) is 9.88 Å². The number of rotatable bonds is 6. The highest BCUT2D eigenvalue weighted by Gasteiger charge is 2.46. The molecule has 2 aromatic rings. The Morgan fingerprint density at radius 1 is 1.24 bits per heavy atom. The Morgan fingerprint density at radius 3 is 2.70 bits per heavy atom. The van der Waals surface area contributed by atoms with Crippen LogP contribution in [-0.4, -0.2) is 47.6 Å². The highest BCUT2D eigenvalue weighted by Crippen LogP contribution is 2.44. The lowest BCUT2D eigenvalue weighted by atomic mass is 10.0. The van der Waals surface area contributed by atoms with Crippen LogP contribution in [0.2, 0.25) is 0 Å². The summed E-state index contributed by atoms with van der Waals surface area (Å²) in [4.78, 5) is 21.7. The molecule has 6 nitrogen and oxygen atoms in total. The molecule has 1 amide bonds. The third-order valence-corrected chi connectivity index (χ3v) is 7.09. The van der Waals surface area contributed by atoms with E-state index in [-0.39, 0.29) is 30.5 Å². The number of hydrogen-bond donors (Lipinski definition) is 0. The summed E-state index contributed by atoms with van der Waals surface area (Å²) in [6, 6.07) is 9.88. The minimum Gasteiger partial charge on any atom is -0.363 e. The van der Waals surface area contributed by atoms with Gasteiger partial charge in [-0.05, 0) is 60.9 Å². The van der Waals surface area contributed by atoms with Crippen molar-refractivity contribution in [3.63, 3.8) is 0 Å². The van der Waals surface area contributed by atoms with Gasteiger partial charge in [0.25, 0.3) is 0 Å². The molecule has 5 rings (SSSR count). The molecule has 1 aromatic carbocycles.